The van der Waals surface area contributed by atoms with Crippen LogP contribution in [-0.2, 0) is 18.4 Å². The predicted molar refractivity (Wildman–Crippen MR) is 91.1 cm³/mol. The van der Waals surface area contributed by atoms with Crippen molar-refractivity contribution in [3.8, 4) is 0 Å². The van der Waals surface area contributed by atoms with Crippen LogP contribution in [0.15, 0.2) is 42.6 Å². The highest BCUT2D eigenvalue weighted by Gasteiger charge is 2.32. The zero-order valence-corrected chi connectivity index (χ0v) is 14.0. The topological polar surface area (TPSA) is 38.5 Å². The number of benzene rings is 1. The van der Waals surface area contributed by atoms with Crippen molar-refractivity contribution in [1.82, 2.24) is 9.88 Å². The van der Waals surface area contributed by atoms with Crippen molar-refractivity contribution in [1.29, 1.82) is 0 Å². The predicted octanol–water partition coefficient (Wildman–Crippen LogP) is 1.37. The van der Waals surface area contributed by atoms with Gasteiger partial charge in [0.05, 0.1) is 12.2 Å². The molecule has 1 amide bonds. The molecule has 23 heavy (non-hydrogen) atoms. The molecule has 0 aliphatic carbocycles. The van der Waals surface area contributed by atoms with Gasteiger partial charge in [0.15, 0.2) is 6.54 Å². The van der Waals surface area contributed by atoms with E-state index in [-0.39, 0.29) is 5.91 Å². The highest BCUT2D eigenvalue weighted by atomic mass is 16.2. The van der Waals surface area contributed by atoms with Gasteiger partial charge >= 0.3 is 0 Å². The number of hydrogen-bond donors (Lipinski definition) is 2. The fourth-order valence-corrected chi connectivity index (χ4v) is 3.59. The summed E-state index contributed by atoms with van der Waals surface area (Å²) in [5.41, 5.74) is 3.75. The molecule has 122 valence electrons. The number of nitrogens with zero attached hydrogens (tertiary/aromatic N) is 1. The number of aromatic nitrogens is 1. The van der Waals surface area contributed by atoms with E-state index in [1.54, 1.807) is 0 Å². The normalized spacial score (nSPS) is 20.6. The number of aryl methyl sites for hydroxylation is 2. The third kappa shape index (κ3) is 3.64. The van der Waals surface area contributed by atoms with Crippen molar-refractivity contribution in [2.75, 3.05) is 13.1 Å². The van der Waals surface area contributed by atoms with Gasteiger partial charge in [-0.2, -0.15) is 0 Å². The minimum atomic E-state index is 0.143. The van der Waals surface area contributed by atoms with E-state index in [0.717, 1.165) is 13.0 Å². The van der Waals surface area contributed by atoms with E-state index in [1.807, 2.05) is 12.1 Å². The molecule has 1 aliphatic heterocycles. The summed E-state index contributed by atoms with van der Waals surface area (Å²) in [4.78, 5) is 13.7. The first kappa shape index (κ1) is 15.8. The fraction of sp³-hybridized carbons (Fsp3) is 0.421. The maximum absolute atomic E-state index is 12.3. The minimum Gasteiger partial charge on any atom is -0.350 e. The Morgan fingerprint density at radius 1 is 1.30 bits per heavy atom. The lowest BCUT2D eigenvalue weighted by molar-refractivity contribution is -0.911. The molecule has 0 spiro atoms. The van der Waals surface area contributed by atoms with Gasteiger partial charge in [0.2, 0.25) is 0 Å². The molecule has 1 aromatic carbocycles. The molecule has 1 saturated heterocycles. The number of carbonyl (C=O) groups is 1. The Labute approximate surface area is 138 Å². The highest BCUT2D eigenvalue weighted by Crippen LogP contribution is 2.18. The average Bonchev–Trinajstić information content (AvgIpc) is 3.15. The monoisotopic (exact) mass is 312 g/mol. The Morgan fingerprint density at radius 2 is 2.13 bits per heavy atom. The van der Waals surface area contributed by atoms with Crippen LogP contribution in [0.5, 0.6) is 0 Å². The smallest absolute Gasteiger partial charge is 0.275 e. The summed E-state index contributed by atoms with van der Waals surface area (Å²) in [6.45, 7) is 4.33. The van der Waals surface area contributed by atoms with Crippen molar-refractivity contribution in [3.05, 3.63) is 59.4 Å². The van der Waals surface area contributed by atoms with Gasteiger partial charge in [-0.25, -0.2) is 0 Å². The quantitative estimate of drug-likeness (QED) is 0.860. The van der Waals surface area contributed by atoms with E-state index >= 15 is 0 Å². The molecule has 3 rings (SSSR count). The number of rotatable bonds is 5. The molecular formula is C19H26N3O+. The van der Waals surface area contributed by atoms with Crippen LogP contribution < -0.4 is 10.2 Å². The van der Waals surface area contributed by atoms with Gasteiger partial charge in [-0.05, 0) is 30.2 Å². The van der Waals surface area contributed by atoms with E-state index in [4.69, 9.17) is 0 Å². The third-order valence-corrected chi connectivity index (χ3v) is 4.95. The highest BCUT2D eigenvalue weighted by molar-refractivity contribution is 5.76. The molecule has 2 aromatic rings. The Balaban J connectivity index is 1.57. The maximum Gasteiger partial charge on any atom is 0.275 e. The number of amides is 1. The summed E-state index contributed by atoms with van der Waals surface area (Å²) in [5, 5.41) is 3.08. The second-order valence-corrected chi connectivity index (χ2v) is 6.53. The second kappa shape index (κ2) is 7.01. The Morgan fingerprint density at radius 3 is 2.87 bits per heavy atom. The van der Waals surface area contributed by atoms with Crippen molar-refractivity contribution < 1.29 is 9.69 Å². The van der Waals surface area contributed by atoms with Gasteiger partial charge in [0, 0.05) is 32.6 Å². The Kier molecular flexibility index (Phi) is 4.82. The van der Waals surface area contributed by atoms with Gasteiger partial charge in [-0.15, -0.1) is 0 Å². The van der Waals surface area contributed by atoms with Crippen molar-refractivity contribution >= 4 is 5.91 Å². The molecular weight excluding hydrogens is 286 g/mol. The molecule has 1 aromatic heterocycles. The summed E-state index contributed by atoms with van der Waals surface area (Å²) in [5.74, 6) is 0.143. The number of carbonyl (C=O) groups excluding carboxylic acids is 1. The van der Waals surface area contributed by atoms with Crippen LogP contribution in [-0.4, -0.2) is 23.6 Å². The molecule has 4 heteroatoms. The van der Waals surface area contributed by atoms with Crippen LogP contribution in [0.4, 0.5) is 0 Å². The number of nitrogens with one attached hydrogen (secondary N) is 2. The molecule has 0 radical (unpaired) electrons. The van der Waals surface area contributed by atoms with E-state index in [2.05, 4.69) is 54.3 Å². The van der Waals surface area contributed by atoms with Crippen molar-refractivity contribution in [3.63, 3.8) is 0 Å². The lowest BCUT2D eigenvalue weighted by Gasteiger charge is -2.21. The zero-order chi connectivity index (χ0) is 16.2. The van der Waals surface area contributed by atoms with E-state index in [9.17, 15) is 4.79 Å². The molecule has 0 bridgehead atoms. The van der Waals surface area contributed by atoms with Crippen LogP contribution >= 0.6 is 0 Å². The summed E-state index contributed by atoms with van der Waals surface area (Å²) >= 11 is 0. The van der Waals surface area contributed by atoms with Gasteiger partial charge < -0.3 is 14.8 Å². The molecule has 2 N–H and O–H groups in total. The molecule has 1 unspecified atom stereocenters. The van der Waals surface area contributed by atoms with Crippen LogP contribution in [0.1, 0.15) is 35.7 Å². The van der Waals surface area contributed by atoms with Crippen LogP contribution in [0, 0.1) is 6.92 Å². The van der Waals surface area contributed by atoms with E-state index < -0.39 is 0 Å². The van der Waals surface area contributed by atoms with Gasteiger partial charge in [0.1, 0.15) is 6.04 Å². The van der Waals surface area contributed by atoms with Crippen molar-refractivity contribution in [2.45, 2.75) is 32.4 Å². The minimum absolute atomic E-state index is 0.143. The molecule has 1 fully saturated rings. The number of quaternary nitrogens is 1. The number of hydrogen-bond acceptors (Lipinski definition) is 1. The first-order valence-corrected chi connectivity index (χ1v) is 8.42. The largest absolute Gasteiger partial charge is 0.350 e. The summed E-state index contributed by atoms with van der Waals surface area (Å²) in [6, 6.07) is 12.9. The molecule has 1 aliphatic rings. The van der Waals surface area contributed by atoms with Crippen LogP contribution in [0.2, 0.25) is 0 Å². The van der Waals surface area contributed by atoms with Crippen LogP contribution in [0.25, 0.3) is 0 Å². The summed E-state index contributed by atoms with van der Waals surface area (Å²) in [6.07, 6.45) is 4.44. The van der Waals surface area contributed by atoms with Crippen LogP contribution in [0.3, 0.4) is 0 Å². The van der Waals surface area contributed by atoms with Crippen molar-refractivity contribution in [2.24, 2.45) is 7.05 Å². The maximum atomic E-state index is 12.3. The van der Waals surface area contributed by atoms with Gasteiger partial charge in [0.25, 0.3) is 5.91 Å². The second-order valence-electron chi connectivity index (χ2n) is 6.53. The van der Waals surface area contributed by atoms with E-state index in [0.29, 0.717) is 19.1 Å². The lowest BCUT2D eigenvalue weighted by atomic mass is 10.1. The first-order valence-electron chi connectivity index (χ1n) is 8.42. The Hall–Kier alpha value is -2.07. The zero-order valence-electron chi connectivity index (χ0n) is 14.0. The van der Waals surface area contributed by atoms with Gasteiger partial charge in [-0.3, -0.25) is 4.79 Å². The van der Waals surface area contributed by atoms with E-state index in [1.165, 1.54) is 28.1 Å². The molecule has 4 nitrogen and oxygen atoms in total. The molecule has 2 atom stereocenters. The summed E-state index contributed by atoms with van der Waals surface area (Å²) < 4.78 is 2.18. The first-order chi connectivity index (χ1) is 11.1. The lowest BCUT2D eigenvalue weighted by Crippen LogP contribution is -3.11. The average molecular weight is 312 g/mol. The SMILES string of the molecule is Cc1ccccc1CNC(=O)C[NH+]1CCC[C@@H]1c1cccn1C. The molecule has 0 saturated carbocycles. The van der Waals surface area contributed by atoms with Gasteiger partial charge in [-0.1, -0.05) is 24.3 Å². The third-order valence-electron chi connectivity index (χ3n) is 4.95. The standard InChI is InChI=1S/C19H25N3O/c1-15-7-3-4-8-16(15)13-20-19(23)14-22-12-6-10-18(22)17-9-5-11-21(17)2/h3-5,7-9,11,18H,6,10,12-14H2,1-2H3,(H,20,23)/p+1/t18-/m1/s1. The summed E-state index contributed by atoms with van der Waals surface area (Å²) in [7, 11) is 2.09. The Bertz CT molecular complexity index is 677. The fourth-order valence-electron chi connectivity index (χ4n) is 3.59. The molecule has 2 heterocycles. The number of likely N-dealkylation sites (tertiary alicyclic amines) is 1.